The molecule has 0 bridgehead atoms. The zero-order valence-corrected chi connectivity index (χ0v) is 46.2. The SMILES string of the molecule is C/C=C/C1=C(C(=O)O)N2C(=O)[C@@H](NC(=O)[C@H](N)c3ccc(O)cc3)[C@H]2SC1.COC1=C(C(=O)O)N2C(=O)[C@@H](NC(=O)[C@H](N)C3=CCC=CC3)[C@H]2SC1.COCC1=C(C(=O)O)N2C(=O)[C@@H](NC(=O)/C(=N\OC)c3csc(N)n3)[C@H]2SC1. The number of anilines is 1. The lowest BCUT2D eigenvalue weighted by atomic mass is 9.97. The minimum absolute atomic E-state index is 0.0461. The van der Waals surface area contributed by atoms with Gasteiger partial charge in [0.1, 0.15) is 82.0 Å². The number of aromatic nitrogens is 1. The number of benzene rings is 1. The molecule has 1 aromatic heterocycles. The highest BCUT2D eigenvalue weighted by molar-refractivity contribution is 8.00. The minimum atomic E-state index is -1.23. The number of thioether (sulfide) groups is 3. The Morgan fingerprint density at radius 1 is 0.775 bits per heavy atom. The first-order valence-electron chi connectivity index (χ1n) is 23.9. The highest BCUT2D eigenvalue weighted by atomic mass is 32.2. The number of carbonyl (C=O) groups is 9. The van der Waals surface area contributed by atoms with Gasteiger partial charge >= 0.3 is 17.9 Å². The number of phenols is 1. The molecule has 1 aromatic carbocycles. The quantitative estimate of drug-likeness (QED) is 0.0434. The lowest BCUT2D eigenvalue weighted by molar-refractivity contribution is -0.151. The fourth-order valence-corrected chi connectivity index (χ4v) is 13.5. The number of aromatic hydroxyl groups is 1. The third-order valence-corrected chi connectivity index (χ3v) is 17.4. The first-order valence-corrected chi connectivity index (χ1v) is 28.0. The number of allylic oxidation sites excluding steroid dienone is 5. The molecule has 13 N–H and O–H groups in total. The van der Waals surface area contributed by atoms with Crippen LogP contribution in [-0.4, -0.2) is 185 Å². The smallest absolute Gasteiger partial charge is 0.356 e. The van der Waals surface area contributed by atoms with Crippen LogP contribution in [0.1, 0.15) is 37.1 Å². The van der Waals surface area contributed by atoms with E-state index in [0.717, 1.165) is 28.2 Å². The van der Waals surface area contributed by atoms with Crippen LogP contribution in [0.4, 0.5) is 5.13 Å². The number of nitrogens with zero attached hydrogens (tertiary/aromatic N) is 5. The number of phenolic OH excluding ortho intramolecular Hbond substituents is 1. The number of hydrogen-bond acceptors (Lipinski definition) is 22. The van der Waals surface area contributed by atoms with E-state index in [1.54, 1.807) is 24.5 Å². The highest BCUT2D eigenvalue weighted by Crippen LogP contribution is 2.43. The molecule has 27 nitrogen and oxygen atoms in total. The number of nitrogens with two attached hydrogens (primary N) is 3. The lowest BCUT2D eigenvalue weighted by Gasteiger charge is -2.49. The molecule has 2 aromatic rings. The van der Waals surface area contributed by atoms with Crippen LogP contribution in [0.25, 0.3) is 0 Å². The second-order valence-electron chi connectivity index (χ2n) is 17.7. The first kappa shape index (κ1) is 60.0. The summed E-state index contributed by atoms with van der Waals surface area (Å²) in [6.07, 6.45) is 10.6. The Balaban J connectivity index is 0.000000174. The molecule has 6 aliphatic heterocycles. The van der Waals surface area contributed by atoms with Crippen molar-refractivity contribution in [3.8, 4) is 5.75 Å². The van der Waals surface area contributed by atoms with Crippen molar-refractivity contribution < 1.29 is 77.9 Å². The number of rotatable bonds is 17. The molecule has 8 atom stereocenters. The van der Waals surface area contributed by atoms with Gasteiger partial charge in [0.15, 0.2) is 16.5 Å². The minimum Gasteiger partial charge on any atom is -0.508 e. The van der Waals surface area contributed by atoms with E-state index < -0.39 is 99.7 Å². The molecule has 0 saturated carbocycles. The van der Waals surface area contributed by atoms with Gasteiger partial charge < -0.3 is 67.9 Å². The fraction of sp³-hybridized carbons (Fsp3) is 0.367. The number of carbonyl (C=O) groups excluding carboxylic acids is 6. The van der Waals surface area contributed by atoms with Gasteiger partial charge in [-0.1, -0.05) is 47.7 Å². The summed E-state index contributed by atoms with van der Waals surface area (Å²) in [4.78, 5) is 122. The topological polar surface area (TPSA) is 411 Å². The van der Waals surface area contributed by atoms with E-state index in [0.29, 0.717) is 40.4 Å². The van der Waals surface area contributed by atoms with Gasteiger partial charge in [0.2, 0.25) is 11.8 Å². The third kappa shape index (κ3) is 12.4. The van der Waals surface area contributed by atoms with E-state index in [9.17, 15) is 63.6 Å². The van der Waals surface area contributed by atoms with E-state index in [4.69, 9.17) is 31.5 Å². The van der Waals surface area contributed by atoms with Gasteiger partial charge in [-0.25, -0.2) is 19.4 Å². The van der Waals surface area contributed by atoms with Crippen LogP contribution in [0.5, 0.6) is 5.75 Å². The summed E-state index contributed by atoms with van der Waals surface area (Å²) >= 11 is 5.21. The van der Waals surface area contributed by atoms with Crippen LogP contribution in [0.2, 0.25) is 0 Å². The Morgan fingerprint density at radius 2 is 1.32 bits per heavy atom. The molecule has 1 aliphatic carbocycles. The molecule has 31 heteroatoms. The van der Waals surface area contributed by atoms with Crippen molar-refractivity contribution in [1.29, 1.82) is 0 Å². The van der Waals surface area contributed by atoms with Crippen LogP contribution in [0, 0.1) is 0 Å². The Bertz CT molecular complexity index is 3080. The number of oxime groups is 1. The summed E-state index contributed by atoms with van der Waals surface area (Å²) in [5, 5.41) is 49.5. The molecular formula is C49H55N11O16S4. The van der Waals surface area contributed by atoms with Gasteiger partial charge in [0.25, 0.3) is 23.6 Å². The van der Waals surface area contributed by atoms with Gasteiger partial charge in [0, 0.05) is 24.0 Å². The van der Waals surface area contributed by atoms with E-state index in [1.807, 2.05) is 18.2 Å². The molecule has 426 valence electrons. The lowest BCUT2D eigenvalue weighted by Crippen LogP contribution is -2.71. The normalized spacial score (nSPS) is 23.7. The third-order valence-electron chi connectivity index (χ3n) is 12.8. The van der Waals surface area contributed by atoms with Crippen molar-refractivity contribution in [1.82, 2.24) is 35.6 Å². The molecule has 0 spiro atoms. The molecule has 0 unspecified atom stereocenters. The predicted octanol–water partition coefficient (Wildman–Crippen LogP) is 0.100. The zero-order valence-electron chi connectivity index (χ0n) is 42.9. The fourth-order valence-electron chi connectivity index (χ4n) is 8.95. The summed E-state index contributed by atoms with van der Waals surface area (Å²) < 4.78 is 10.1. The summed E-state index contributed by atoms with van der Waals surface area (Å²) in [5.74, 6) is -5.31. The second-order valence-corrected chi connectivity index (χ2v) is 21.9. The standard InChI is InChI=1S/C18H19N3O5S.C16H19N3O5S.C15H17N5O6S2/c1-2-3-10-8-27-17-13(16(24)21(17)14(10)18(25)26)20-15(23)12(19)9-4-6-11(22)7-5-9;1-24-9-7-25-15-11(14(21)19(15)12(9)16(22)23)18-13(20)10(17)8-5-3-2-4-6-8;1-25-3-6-4-27-13-9(12(22)20(13)10(6)14(23)24)18-11(21)8(19-26-2)7-5-28-15(16)17-7/h2-7,12-13,17,22H,8,19H2,1H3,(H,20,23)(H,25,26);2-3,6,10-11,15H,4-5,7,17H2,1H3,(H,18,20)(H,22,23);5,9,13H,3-4H2,1-2H3,(H2,16,17)(H,18,21)(H,23,24)/b3-2+;;19-8-/t12-,13-,17-;10-,11-,15-;9-,13-/m111/s1. The molecule has 3 fully saturated rings. The van der Waals surface area contributed by atoms with Crippen molar-refractivity contribution in [3.05, 3.63) is 111 Å². The average Bonchev–Trinajstić information content (AvgIpc) is 3.91. The van der Waals surface area contributed by atoms with Gasteiger partial charge in [-0.05, 0) is 54.2 Å². The van der Waals surface area contributed by atoms with E-state index in [2.05, 4.69) is 26.1 Å². The second kappa shape index (κ2) is 26.1. The Labute approximate surface area is 472 Å². The maximum Gasteiger partial charge on any atom is 0.356 e. The summed E-state index contributed by atoms with van der Waals surface area (Å²) in [5.41, 5.74) is 19.7. The number of carboxylic acid groups (broad SMARTS) is 3. The Kier molecular flexibility index (Phi) is 19.5. The number of ether oxygens (including phenoxy) is 2. The molecule has 6 amide bonds. The van der Waals surface area contributed by atoms with Crippen LogP contribution < -0.4 is 33.2 Å². The number of nitrogen functional groups attached to an aromatic ring is 1. The zero-order chi connectivity index (χ0) is 58.3. The predicted molar refractivity (Wildman–Crippen MR) is 292 cm³/mol. The number of hydrogen-bond donors (Lipinski definition) is 10. The van der Waals surface area contributed by atoms with Gasteiger partial charge in [-0.3, -0.25) is 43.5 Å². The maximum absolute atomic E-state index is 12.6. The average molecular weight is 1180 g/mol. The first-order chi connectivity index (χ1) is 38.2. The van der Waals surface area contributed by atoms with Gasteiger partial charge in [-0.15, -0.1) is 46.6 Å². The number of fused-ring (bicyclic) bond motifs is 3. The van der Waals surface area contributed by atoms with Crippen molar-refractivity contribution in [2.75, 3.05) is 50.9 Å². The van der Waals surface area contributed by atoms with Crippen LogP contribution in [-0.2, 0) is 57.5 Å². The number of carboxylic acids is 3. The molecule has 7 aliphatic rings. The number of aliphatic carboxylic acids is 3. The molecule has 80 heavy (non-hydrogen) atoms. The molecule has 9 rings (SSSR count). The molecule has 3 saturated heterocycles. The van der Waals surface area contributed by atoms with Crippen LogP contribution in [0.3, 0.4) is 0 Å². The highest BCUT2D eigenvalue weighted by Gasteiger charge is 2.57. The Hall–Kier alpha value is -7.68. The van der Waals surface area contributed by atoms with Gasteiger partial charge in [-0.2, -0.15) is 0 Å². The largest absolute Gasteiger partial charge is 0.508 e. The number of methoxy groups -OCH3 is 2. The van der Waals surface area contributed by atoms with Crippen molar-refractivity contribution in [2.24, 2.45) is 16.6 Å². The van der Waals surface area contributed by atoms with Gasteiger partial charge in [0.05, 0.1) is 19.5 Å². The van der Waals surface area contributed by atoms with E-state index in [1.165, 1.54) is 90.7 Å². The summed E-state index contributed by atoms with van der Waals surface area (Å²) in [7, 11) is 4.09. The van der Waals surface area contributed by atoms with Crippen LogP contribution >= 0.6 is 46.6 Å². The number of β-lactam (4-membered cyclic amide) rings is 3. The number of nitrogens with one attached hydrogen (secondary N) is 3. The summed E-state index contributed by atoms with van der Waals surface area (Å²) in [6, 6.07) is 1.57. The maximum atomic E-state index is 12.6. The molecule has 7 heterocycles. The van der Waals surface area contributed by atoms with Crippen molar-refractivity contribution >= 4 is 111 Å². The van der Waals surface area contributed by atoms with E-state index >= 15 is 0 Å². The number of amides is 6. The molecule has 0 radical (unpaired) electrons. The number of thiazole rings is 1. The summed E-state index contributed by atoms with van der Waals surface area (Å²) in [6.45, 7) is 1.88. The molecular weight excluding hydrogens is 1130 g/mol. The van der Waals surface area contributed by atoms with Crippen molar-refractivity contribution in [3.63, 3.8) is 0 Å². The van der Waals surface area contributed by atoms with Crippen molar-refractivity contribution in [2.45, 2.75) is 66.1 Å². The Morgan fingerprint density at radius 3 is 1.84 bits per heavy atom. The monoisotopic (exact) mass is 1180 g/mol. The van der Waals surface area contributed by atoms with E-state index in [-0.39, 0.29) is 51.7 Å². The van der Waals surface area contributed by atoms with Crippen LogP contribution in [0.15, 0.2) is 105 Å².